The van der Waals surface area contributed by atoms with Crippen LogP contribution in [-0.2, 0) is 6.54 Å². The highest BCUT2D eigenvalue weighted by Gasteiger charge is 2.23. The first-order valence-electron chi connectivity index (χ1n) is 8.49. The van der Waals surface area contributed by atoms with Gasteiger partial charge in [0, 0.05) is 50.5 Å². The van der Waals surface area contributed by atoms with Gasteiger partial charge in [0.2, 0.25) is 0 Å². The summed E-state index contributed by atoms with van der Waals surface area (Å²) >= 11 is 1.44. The van der Waals surface area contributed by atoms with Gasteiger partial charge >= 0.3 is 0 Å². The molecule has 1 fully saturated rings. The van der Waals surface area contributed by atoms with E-state index in [9.17, 15) is 4.79 Å². The van der Waals surface area contributed by atoms with Crippen LogP contribution >= 0.6 is 11.3 Å². The normalized spacial score (nSPS) is 16.6. The number of carbonyl (C=O) groups excluding carboxylic acids is 1. The lowest BCUT2D eigenvalue weighted by atomic mass is 10.3. The van der Waals surface area contributed by atoms with Crippen molar-refractivity contribution in [3.8, 4) is 0 Å². The van der Waals surface area contributed by atoms with E-state index < -0.39 is 0 Å². The van der Waals surface area contributed by atoms with Crippen LogP contribution in [0, 0.1) is 6.92 Å². The molecule has 0 unspecified atom stereocenters. The van der Waals surface area contributed by atoms with Crippen molar-refractivity contribution >= 4 is 17.2 Å². The number of carbonyl (C=O) groups is 1. The lowest BCUT2D eigenvalue weighted by Crippen LogP contribution is -2.35. The fourth-order valence-corrected chi connectivity index (χ4v) is 3.75. The van der Waals surface area contributed by atoms with E-state index in [4.69, 9.17) is 0 Å². The van der Waals surface area contributed by atoms with Crippen molar-refractivity contribution in [2.45, 2.75) is 39.8 Å². The Morgan fingerprint density at radius 2 is 2.12 bits per heavy atom. The van der Waals surface area contributed by atoms with E-state index in [-0.39, 0.29) is 5.91 Å². The third-order valence-corrected chi connectivity index (χ3v) is 5.32. The van der Waals surface area contributed by atoms with E-state index in [1.165, 1.54) is 16.9 Å². The zero-order chi connectivity index (χ0) is 17.1. The lowest BCUT2D eigenvalue weighted by Gasteiger charge is -2.21. The average molecular weight is 347 g/mol. The molecule has 0 aliphatic carbocycles. The number of amides is 1. The average Bonchev–Trinajstić information content (AvgIpc) is 3.12. The van der Waals surface area contributed by atoms with Crippen molar-refractivity contribution in [2.24, 2.45) is 0 Å². The highest BCUT2D eigenvalue weighted by molar-refractivity contribution is 7.11. The Morgan fingerprint density at radius 3 is 2.79 bits per heavy atom. The van der Waals surface area contributed by atoms with Gasteiger partial charge in [0.05, 0.1) is 17.4 Å². The second-order valence-corrected chi connectivity index (χ2v) is 7.47. The Hall–Kier alpha value is -1.73. The molecule has 1 amide bonds. The van der Waals surface area contributed by atoms with Gasteiger partial charge < -0.3 is 4.90 Å². The first-order valence-corrected chi connectivity index (χ1v) is 9.37. The molecule has 0 aromatic carbocycles. The molecule has 7 heteroatoms. The van der Waals surface area contributed by atoms with Crippen LogP contribution in [0.5, 0.6) is 0 Å². The Bertz CT molecular complexity index is 693. The van der Waals surface area contributed by atoms with Crippen molar-refractivity contribution < 1.29 is 4.79 Å². The zero-order valence-electron chi connectivity index (χ0n) is 14.6. The molecule has 6 nitrogen and oxygen atoms in total. The van der Waals surface area contributed by atoms with Crippen molar-refractivity contribution in [3.63, 3.8) is 0 Å². The molecule has 0 radical (unpaired) electrons. The maximum atomic E-state index is 12.6. The molecule has 0 saturated carbocycles. The summed E-state index contributed by atoms with van der Waals surface area (Å²) in [5, 5.41) is 4.41. The fraction of sp³-hybridized carbons (Fsp3) is 0.588. The third-order valence-electron chi connectivity index (χ3n) is 4.41. The summed E-state index contributed by atoms with van der Waals surface area (Å²) < 4.78 is 2.00. The molecule has 1 saturated heterocycles. The maximum Gasteiger partial charge on any atom is 0.265 e. The van der Waals surface area contributed by atoms with Crippen molar-refractivity contribution in [3.05, 3.63) is 34.0 Å². The van der Waals surface area contributed by atoms with Gasteiger partial charge in [0.25, 0.3) is 5.91 Å². The molecule has 130 valence electrons. The highest BCUT2D eigenvalue weighted by Crippen LogP contribution is 2.17. The summed E-state index contributed by atoms with van der Waals surface area (Å²) in [4.78, 5) is 22.0. The molecule has 1 aliphatic heterocycles. The molecular formula is C17H25N5OS. The molecule has 3 rings (SSSR count). The maximum absolute atomic E-state index is 12.6. The molecule has 0 N–H and O–H groups in total. The summed E-state index contributed by atoms with van der Waals surface area (Å²) in [7, 11) is 0. The topological polar surface area (TPSA) is 54.3 Å². The molecule has 2 aromatic heterocycles. The molecule has 0 atom stereocenters. The minimum atomic E-state index is 0.129. The molecule has 24 heavy (non-hydrogen) atoms. The van der Waals surface area contributed by atoms with Crippen LogP contribution < -0.4 is 0 Å². The molecular weight excluding hydrogens is 322 g/mol. The van der Waals surface area contributed by atoms with Crippen molar-refractivity contribution in [1.29, 1.82) is 0 Å². The van der Waals surface area contributed by atoms with Gasteiger partial charge in [0.1, 0.15) is 4.88 Å². The van der Waals surface area contributed by atoms with E-state index in [0.717, 1.165) is 49.7 Å². The second kappa shape index (κ2) is 7.44. The van der Waals surface area contributed by atoms with Gasteiger partial charge in [0.15, 0.2) is 0 Å². The number of nitrogens with zero attached hydrogens (tertiary/aromatic N) is 5. The van der Waals surface area contributed by atoms with Crippen LogP contribution in [-0.4, -0.2) is 56.7 Å². The predicted octanol–water partition coefficient (Wildman–Crippen LogP) is 2.58. The van der Waals surface area contributed by atoms with Gasteiger partial charge in [-0.05, 0) is 27.2 Å². The number of thiazole rings is 1. The summed E-state index contributed by atoms with van der Waals surface area (Å²) in [6.45, 7) is 10.6. The van der Waals surface area contributed by atoms with E-state index in [0.29, 0.717) is 6.04 Å². The van der Waals surface area contributed by atoms with Gasteiger partial charge in [-0.2, -0.15) is 5.10 Å². The molecule has 0 bridgehead atoms. The van der Waals surface area contributed by atoms with Crippen molar-refractivity contribution in [1.82, 2.24) is 24.6 Å². The molecule has 2 aromatic rings. The largest absolute Gasteiger partial charge is 0.337 e. The Morgan fingerprint density at radius 1 is 1.29 bits per heavy atom. The number of aryl methyl sites for hydroxylation is 1. The fourth-order valence-electron chi connectivity index (χ4n) is 2.98. The van der Waals surface area contributed by atoms with Gasteiger partial charge in [-0.3, -0.25) is 14.4 Å². The van der Waals surface area contributed by atoms with Crippen LogP contribution in [0.4, 0.5) is 0 Å². The first kappa shape index (κ1) is 17.1. The summed E-state index contributed by atoms with van der Waals surface area (Å²) in [5.74, 6) is 0.129. The van der Waals surface area contributed by atoms with Gasteiger partial charge in [-0.15, -0.1) is 11.3 Å². The highest BCUT2D eigenvalue weighted by atomic mass is 32.1. The minimum absolute atomic E-state index is 0.129. The van der Waals surface area contributed by atoms with E-state index in [2.05, 4.69) is 35.0 Å². The molecule has 1 aliphatic rings. The summed E-state index contributed by atoms with van der Waals surface area (Å²) in [5.41, 5.74) is 3.83. The smallest absolute Gasteiger partial charge is 0.265 e. The lowest BCUT2D eigenvalue weighted by molar-refractivity contribution is 0.0765. The Balaban J connectivity index is 1.58. The second-order valence-electron chi connectivity index (χ2n) is 6.61. The first-order chi connectivity index (χ1) is 11.5. The summed E-state index contributed by atoms with van der Waals surface area (Å²) in [6, 6.07) is 0.388. The number of aromatic nitrogens is 3. The van der Waals surface area contributed by atoms with Crippen LogP contribution in [0.1, 0.15) is 47.2 Å². The molecule has 3 heterocycles. The van der Waals surface area contributed by atoms with Crippen LogP contribution in [0.25, 0.3) is 0 Å². The standard InChI is InChI=1S/C17H25N5OS/c1-13(2)22-11-15(9-19-22)10-20-5-4-6-21(8-7-20)17(23)16-14(3)18-12-24-16/h9,11-13H,4-8,10H2,1-3H3. The van der Waals surface area contributed by atoms with Crippen LogP contribution in [0.3, 0.4) is 0 Å². The predicted molar refractivity (Wildman–Crippen MR) is 95.3 cm³/mol. The number of hydrogen-bond acceptors (Lipinski definition) is 5. The van der Waals surface area contributed by atoms with Crippen LogP contribution in [0.2, 0.25) is 0 Å². The minimum Gasteiger partial charge on any atom is -0.337 e. The quantitative estimate of drug-likeness (QED) is 0.853. The third kappa shape index (κ3) is 3.84. The monoisotopic (exact) mass is 347 g/mol. The SMILES string of the molecule is Cc1ncsc1C(=O)N1CCCN(Cc2cnn(C(C)C)c2)CC1. The zero-order valence-corrected chi connectivity index (χ0v) is 15.4. The number of rotatable bonds is 4. The van der Waals surface area contributed by atoms with E-state index >= 15 is 0 Å². The van der Waals surface area contributed by atoms with Gasteiger partial charge in [-0.25, -0.2) is 4.98 Å². The van der Waals surface area contributed by atoms with E-state index in [1.54, 1.807) is 5.51 Å². The Kier molecular flexibility index (Phi) is 5.30. The summed E-state index contributed by atoms with van der Waals surface area (Å²) in [6.07, 6.45) is 5.08. The van der Waals surface area contributed by atoms with Crippen molar-refractivity contribution in [2.75, 3.05) is 26.2 Å². The van der Waals surface area contributed by atoms with Gasteiger partial charge in [-0.1, -0.05) is 0 Å². The van der Waals surface area contributed by atoms with E-state index in [1.807, 2.05) is 22.7 Å². The van der Waals surface area contributed by atoms with Crippen LogP contribution in [0.15, 0.2) is 17.9 Å². The Labute approximate surface area is 147 Å². The molecule has 0 spiro atoms. The number of hydrogen-bond donors (Lipinski definition) is 0.